The maximum absolute atomic E-state index is 4.08. The Morgan fingerprint density at radius 3 is 1.34 bits per heavy atom. The van der Waals surface area contributed by atoms with Crippen molar-refractivity contribution in [2.75, 3.05) is 4.90 Å². The Morgan fingerprint density at radius 1 is 0.585 bits per heavy atom. The van der Waals surface area contributed by atoms with Crippen LogP contribution >= 0.6 is 0 Å². The molecule has 0 bridgehead atoms. The molecule has 0 aromatic heterocycles. The summed E-state index contributed by atoms with van der Waals surface area (Å²) < 4.78 is 0. The Hall–Kier alpha value is -4.88. The average molecular weight is 538 g/mol. The van der Waals surface area contributed by atoms with E-state index in [0.717, 1.165) is 56.0 Å². The van der Waals surface area contributed by atoms with E-state index < -0.39 is 0 Å². The summed E-state index contributed by atoms with van der Waals surface area (Å²) in [6.07, 6.45) is 17.6. The van der Waals surface area contributed by atoms with Gasteiger partial charge >= 0.3 is 0 Å². The zero-order chi connectivity index (χ0) is 30.2. The smallest absolute Gasteiger partial charge is 0.0462 e. The molecule has 0 aliphatic heterocycles. The lowest BCUT2D eigenvalue weighted by Gasteiger charge is -2.26. The van der Waals surface area contributed by atoms with Crippen molar-refractivity contribution >= 4 is 33.8 Å². The third kappa shape index (κ3) is 9.37. The fourth-order valence-corrected chi connectivity index (χ4v) is 4.13. The summed E-state index contributed by atoms with van der Waals surface area (Å²) in [4.78, 5) is 2.26. The van der Waals surface area contributed by atoms with Crippen molar-refractivity contribution in [3.8, 4) is 0 Å². The van der Waals surface area contributed by atoms with E-state index in [9.17, 15) is 0 Å². The molecule has 0 aliphatic carbocycles. The predicted molar refractivity (Wildman–Crippen MR) is 187 cm³/mol. The largest absolute Gasteiger partial charge is 0.311 e. The molecule has 0 amide bonds. The predicted octanol–water partition coefficient (Wildman–Crippen LogP) is 12.2. The second-order valence-electron chi connectivity index (χ2n) is 9.34. The zero-order valence-corrected chi connectivity index (χ0v) is 25.1. The minimum absolute atomic E-state index is 0.909. The van der Waals surface area contributed by atoms with Gasteiger partial charge in [0.15, 0.2) is 0 Å². The van der Waals surface area contributed by atoms with Crippen LogP contribution in [0.1, 0.15) is 44.4 Å². The Kier molecular flexibility index (Phi) is 13.4. The highest BCUT2D eigenvalue weighted by molar-refractivity contribution is 5.82. The van der Waals surface area contributed by atoms with Crippen LogP contribution in [-0.2, 0) is 0 Å². The van der Waals surface area contributed by atoms with Crippen molar-refractivity contribution in [3.63, 3.8) is 0 Å². The third-order valence-electron chi connectivity index (χ3n) is 6.38. The van der Waals surface area contributed by atoms with E-state index in [0.29, 0.717) is 0 Å². The molecule has 0 spiro atoms. The molecule has 0 radical (unpaired) electrons. The number of nitrogens with zero attached hydrogens (tertiary/aromatic N) is 1. The van der Waals surface area contributed by atoms with Gasteiger partial charge in [0.1, 0.15) is 0 Å². The van der Waals surface area contributed by atoms with Crippen molar-refractivity contribution in [2.45, 2.75) is 27.7 Å². The normalized spacial score (nSPS) is 11.5. The fourth-order valence-electron chi connectivity index (χ4n) is 4.13. The van der Waals surface area contributed by atoms with Crippen LogP contribution in [0.15, 0.2) is 166 Å². The first-order chi connectivity index (χ1) is 19.8. The molecule has 1 nitrogen and oxygen atoms in total. The summed E-state index contributed by atoms with van der Waals surface area (Å²) >= 11 is 0. The molecule has 0 saturated heterocycles. The lowest BCUT2D eigenvalue weighted by atomic mass is 10.0. The van der Waals surface area contributed by atoms with E-state index in [1.165, 1.54) is 0 Å². The van der Waals surface area contributed by atoms with Crippen LogP contribution < -0.4 is 4.90 Å². The molecule has 0 atom stereocenters. The minimum Gasteiger partial charge on any atom is -0.311 e. The summed E-state index contributed by atoms with van der Waals surface area (Å²) in [6, 6.07) is 25.7. The molecule has 3 aromatic carbocycles. The van der Waals surface area contributed by atoms with E-state index in [2.05, 4.69) is 136 Å². The second kappa shape index (κ2) is 16.9. The van der Waals surface area contributed by atoms with Crippen LogP contribution in [0.5, 0.6) is 0 Å². The number of anilines is 3. The molecular weight excluding hydrogens is 494 g/mol. The van der Waals surface area contributed by atoms with Crippen molar-refractivity contribution in [1.82, 2.24) is 0 Å². The maximum atomic E-state index is 4.08. The first-order valence-electron chi connectivity index (χ1n) is 13.8. The molecule has 0 N–H and O–H groups in total. The number of allylic oxidation sites excluding steroid dienone is 13. The standard InChI is InChI=1S/C35H35N.C5H8/c1-8-27(7)30-14-20-33(21-15-30)36(34-22-16-31(17-23-34)28(9-2)10-3)35-24-18-32(19-25-35)29(11-4)13-12-26(5)6;1-3-5-4-2/h8-25H,1-2,5,7H2,3-4,6H3;3-5H,1H2,2H3/b13-12-,28-10+,29-11+;5-4-. The van der Waals surface area contributed by atoms with Crippen LogP contribution in [0.4, 0.5) is 17.1 Å². The Morgan fingerprint density at radius 2 is 1.02 bits per heavy atom. The molecule has 0 unspecified atom stereocenters. The molecule has 3 rings (SSSR count). The van der Waals surface area contributed by atoms with Gasteiger partial charge in [-0.05, 0) is 97.5 Å². The monoisotopic (exact) mass is 537 g/mol. The number of rotatable bonds is 11. The van der Waals surface area contributed by atoms with Gasteiger partial charge in [-0.3, -0.25) is 0 Å². The Balaban J connectivity index is 0.00000108. The maximum Gasteiger partial charge on any atom is 0.0462 e. The summed E-state index contributed by atoms with van der Waals surface area (Å²) in [5, 5.41) is 0. The van der Waals surface area contributed by atoms with Gasteiger partial charge in [-0.15, -0.1) is 0 Å². The quantitative estimate of drug-likeness (QED) is 0.220. The van der Waals surface area contributed by atoms with Crippen LogP contribution in [0.25, 0.3) is 16.7 Å². The van der Waals surface area contributed by atoms with Crippen LogP contribution in [0.2, 0.25) is 0 Å². The van der Waals surface area contributed by atoms with Gasteiger partial charge in [0.25, 0.3) is 0 Å². The summed E-state index contributed by atoms with van der Waals surface area (Å²) in [5.74, 6) is 0. The first-order valence-corrected chi connectivity index (χ1v) is 13.8. The summed E-state index contributed by atoms with van der Waals surface area (Å²) in [7, 11) is 0. The molecule has 0 fully saturated rings. The van der Waals surface area contributed by atoms with Crippen LogP contribution in [-0.4, -0.2) is 0 Å². The van der Waals surface area contributed by atoms with E-state index in [4.69, 9.17) is 0 Å². The SMILES string of the molecule is C=C/C=C\C.C=CC(=C)c1ccc(N(c2ccc(/C(C=C)=C/C)cc2)c2ccc(C(/C=C\C(=C)C)=C/C)cc2)cc1. The van der Waals surface area contributed by atoms with Gasteiger partial charge in [0.2, 0.25) is 0 Å². The number of benzene rings is 3. The average Bonchev–Trinajstić information content (AvgIpc) is 3.00. The van der Waals surface area contributed by atoms with Gasteiger partial charge in [-0.2, -0.15) is 0 Å². The highest BCUT2D eigenvalue weighted by Crippen LogP contribution is 2.36. The molecule has 1 heteroatoms. The van der Waals surface area contributed by atoms with Crippen molar-refractivity contribution in [3.05, 3.63) is 183 Å². The Labute approximate surface area is 248 Å². The topological polar surface area (TPSA) is 3.24 Å². The van der Waals surface area contributed by atoms with Crippen LogP contribution in [0.3, 0.4) is 0 Å². The fraction of sp³-hybridized carbons (Fsp3) is 0.100. The van der Waals surface area contributed by atoms with E-state index in [1.807, 2.05) is 45.1 Å². The molecule has 208 valence electrons. The van der Waals surface area contributed by atoms with Crippen molar-refractivity contribution in [1.29, 1.82) is 0 Å². The first kappa shape index (κ1) is 32.3. The number of hydrogen-bond acceptors (Lipinski definition) is 1. The lowest BCUT2D eigenvalue weighted by Crippen LogP contribution is -2.10. The lowest BCUT2D eigenvalue weighted by molar-refractivity contribution is 1.28. The third-order valence-corrected chi connectivity index (χ3v) is 6.38. The second-order valence-corrected chi connectivity index (χ2v) is 9.34. The zero-order valence-electron chi connectivity index (χ0n) is 25.1. The highest BCUT2D eigenvalue weighted by Gasteiger charge is 2.13. The molecule has 3 aromatic rings. The summed E-state index contributed by atoms with van der Waals surface area (Å²) in [5.41, 5.74) is 10.8. The molecule has 41 heavy (non-hydrogen) atoms. The van der Waals surface area contributed by atoms with Gasteiger partial charge in [0.05, 0.1) is 0 Å². The Bertz CT molecular complexity index is 1450. The molecule has 0 heterocycles. The van der Waals surface area contributed by atoms with Crippen molar-refractivity contribution in [2.24, 2.45) is 0 Å². The molecular formula is C40H43N. The molecule has 0 saturated carbocycles. The minimum atomic E-state index is 0.909. The van der Waals surface area contributed by atoms with Gasteiger partial charge in [-0.1, -0.05) is 130 Å². The van der Waals surface area contributed by atoms with E-state index in [-0.39, 0.29) is 0 Å². The van der Waals surface area contributed by atoms with E-state index in [1.54, 1.807) is 12.2 Å². The van der Waals surface area contributed by atoms with E-state index >= 15 is 0 Å². The van der Waals surface area contributed by atoms with Gasteiger partial charge in [0, 0.05) is 17.1 Å². The van der Waals surface area contributed by atoms with Gasteiger partial charge in [-0.25, -0.2) is 0 Å². The molecule has 0 aliphatic rings. The van der Waals surface area contributed by atoms with Gasteiger partial charge < -0.3 is 4.90 Å². The van der Waals surface area contributed by atoms with Crippen LogP contribution in [0, 0.1) is 0 Å². The van der Waals surface area contributed by atoms with Crippen molar-refractivity contribution < 1.29 is 0 Å². The summed E-state index contributed by atoms with van der Waals surface area (Å²) in [6.45, 7) is 27.3. The number of hydrogen-bond donors (Lipinski definition) is 0. The highest BCUT2D eigenvalue weighted by atomic mass is 15.1.